The molecule has 0 bridgehead atoms. The van der Waals surface area contributed by atoms with Crippen LogP contribution < -0.4 is 21.2 Å². The fourth-order valence-electron chi connectivity index (χ4n) is 7.08. The van der Waals surface area contributed by atoms with Gasteiger partial charge in [0.15, 0.2) is 5.90 Å². The van der Waals surface area contributed by atoms with Crippen molar-refractivity contribution in [2.45, 2.75) is 0 Å². The Hall–Kier alpha value is -4.34. The zero-order chi connectivity index (χ0) is 38.8. The van der Waals surface area contributed by atoms with E-state index in [1.54, 1.807) is 22.7 Å². The van der Waals surface area contributed by atoms with E-state index in [-0.39, 0.29) is 44.8 Å². The third-order valence-electron chi connectivity index (χ3n) is 9.88. The number of benzene rings is 8. The molecule has 0 aliphatic rings. The van der Waals surface area contributed by atoms with Gasteiger partial charge in [0, 0.05) is 18.8 Å². The van der Waals surface area contributed by atoms with Crippen LogP contribution in [0.15, 0.2) is 206 Å². The van der Waals surface area contributed by atoms with Gasteiger partial charge in [-0.3, -0.25) is 11.8 Å². The van der Waals surface area contributed by atoms with Crippen LogP contribution in [0.25, 0.3) is 40.3 Å². The zero-order valence-corrected chi connectivity index (χ0v) is 39.7. The van der Waals surface area contributed by atoms with Gasteiger partial charge in [0.05, 0.1) is 0 Å². The van der Waals surface area contributed by atoms with Crippen LogP contribution in [0, 0.1) is 24.7 Å². The Morgan fingerprint density at radius 3 is 0.949 bits per heavy atom. The number of fused-ring (bicyclic) bond motifs is 6. The summed E-state index contributed by atoms with van der Waals surface area (Å²) in [7, 11) is -1.69. The molecule has 10 aromatic rings. The smallest absolute Gasteiger partial charge is 0.366 e. The molecule has 59 heavy (non-hydrogen) atoms. The van der Waals surface area contributed by atoms with Crippen LogP contribution in [0.2, 0.25) is 0 Å². The van der Waals surface area contributed by atoms with Crippen molar-refractivity contribution in [1.82, 2.24) is 0 Å². The predicted molar refractivity (Wildman–Crippen MR) is 257 cm³/mol. The third kappa shape index (κ3) is 10.7. The van der Waals surface area contributed by atoms with Gasteiger partial charge < -0.3 is 12.8 Å². The minimum absolute atomic E-state index is 0. The van der Waals surface area contributed by atoms with E-state index >= 15 is 0 Å². The first-order valence-electron chi connectivity index (χ1n) is 18.8. The molecule has 0 N–H and O–H groups in total. The molecule has 0 saturated heterocycles. The summed E-state index contributed by atoms with van der Waals surface area (Å²) in [6.07, 6.45) is 14.3. The van der Waals surface area contributed by atoms with Crippen LogP contribution in [0.4, 0.5) is 0 Å². The average Bonchev–Trinajstić information content (AvgIpc) is 3.86. The number of hydrogen-bond acceptors (Lipinski definition) is 2. The van der Waals surface area contributed by atoms with Crippen molar-refractivity contribution in [2.75, 3.05) is 5.90 Å². The topological polar surface area (TPSA) is 0 Å². The zero-order valence-electron chi connectivity index (χ0n) is 31.8. The van der Waals surface area contributed by atoms with Gasteiger partial charge in [0.25, 0.3) is 0 Å². The summed E-state index contributed by atoms with van der Waals surface area (Å²) >= 11 is 3.58. The van der Waals surface area contributed by atoms with Gasteiger partial charge >= 0.3 is 44.8 Å². The van der Waals surface area contributed by atoms with Gasteiger partial charge in [-0.1, -0.05) is 121 Å². The normalized spacial score (nSPS) is 10.4. The summed E-state index contributed by atoms with van der Waals surface area (Å²) in [4.78, 5) is 0. The molecule has 0 spiro atoms. The molecule has 0 nitrogen and oxygen atoms in total. The maximum Gasteiger partial charge on any atom is 1.00 e. The maximum atomic E-state index is 7.13. The SMILES string of the molecule is [Au+].[Au+].[C-]#Cc1ccc2sc3ccccc3c2c1.[C-]#Cc1ccc2sc3ccccc3c2c1.c1ccc([PH+](C[PH+](c2ccccc2)c2ccccc2)c2ccccc2)cc1. The Bertz CT molecular complexity index is 2680. The molecule has 2 heterocycles. The first-order chi connectivity index (χ1) is 28.2. The molecular formula is C53H38Au2P2S2+2. The number of rotatable bonds is 6. The van der Waals surface area contributed by atoms with Crippen molar-refractivity contribution in [3.8, 4) is 11.8 Å². The first kappa shape index (κ1) is 44.2. The second-order valence-electron chi connectivity index (χ2n) is 13.5. The molecule has 0 radical (unpaired) electrons. The molecule has 8 aromatic carbocycles. The molecule has 0 fully saturated rings. The van der Waals surface area contributed by atoms with Gasteiger partial charge in [-0.05, 0) is 82.2 Å². The van der Waals surface area contributed by atoms with E-state index < -0.39 is 15.8 Å². The predicted octanol–water partition coefficient (Wildman–Crippen LogP) is 12.7. The van der Waals surface area contributed by atoms with Gasteiger partial charge in [-0.2, -0.15) is 0 Å². The summed E-state index contributed by atoms with van der Waals surface area (Å²) in [6, 6.07) is 73.3. The van der Waals surface area contributed by atoms with E-state index in [9.17, 15) is 0 Å². The molecule has 0 amide bonds. The second kappa shape index (κ2) is 21.8. The Kier molecular flexibility index (Phi) is 16.3. The van der Waals surface area contributed by atoms with Crippen LogP contribution in [-0.2, 0) is 44.8 Å². The van der Waals surface area contributed by atoms with Crippen LogP contribution >= 0.6 is 38.5 Å². The fourth-order valence-corrected chi connectivity index (χ4v) is 17.0. The molecular weight excluding hydrogens is 1160 g/mol. The van der Waals surface area contributed by atoms with E-state index in [4.69, 9.17) is 12.8 Å². The summed E-state index contributed by atoms with van der Waals surface area (Å²) in [6.45, 7) is 0. The number of thiophene rings is 2. The van der Waals surface area contributed by atoms with Crippen molar-refractivity contribution < 1.29 is 44.8 Å². The van der Waals surface area contributed by atoms with E-state index in [0.717, 1.165) is 11.1 Å². The van der Waals surface area contributed by atoms with Crippen LogP contribution in [0.1, 0.15) is 11.1 Å². The average molecular weight is 1190 g/mol. The largest absolute Gasteiger partial charge is 1.00 e. The molecule has 10 rings (SSSR count). The van der Waals surface area contributed by atoms with Crippen molar-refractivity contribution in [1.29, 1.82) is 0 Å². The molecule has 0 unspecified atom stereocenters. The number of hydrogen-bond donors (Lipinski definition) is 0. The van der Waals surface area contributed by atoms with Crippen molar-refractivity contribution in [2.24, 2.45) is 0 Å². The molecule has 0 aliphatic carbocycles. The molecule has 0 aliphatic heterocycles. The summed E-state index contributed by atoms with van der Waals surface area (Å²) in [5.41, 5.74) is 1.68. The summed E-state index contributed by atoms with van der Waals surface area (Å²) in [5.74, 6) is 6.10. The second-order valence-corrected chi connectivity index (χ2v) is 21.3. The molecule has 0 saturated carbocycles. The minimum atomic E-state index is -0.847. The van der Waals surface area contributed by atoms with Crippen molar-refractivity contribution >= 4 is 100 Å². The van der Waals surface area contributed by atoms with Crippen molar-refractivity contribution in [3.05, 3.63) is 230 Å². The Balaban J connectivity index is 0.000000156. The molecule has 0 atom stereocenters. The van der Waals surface area contributed by atoms with Crippen molar-refractivity contribution in [3.63, 3.8) is 0 Å². The third-order valence-corrected chi connectivity index (χ3v) is 19.1. The molecule has 6 heteroatoms. The molecule has 2 aromatic heterocycles. The summed E-state index contributed by atoms with van der Waals surface area (Å²) < 4.78 is 5.15. The standard InChI is InChI=1S/C25H22P2.2C14H7S.2Au/c1-5-13-22(14-6-1)26(23-15-7-2-8-16-23)21-27(24-17-9-3-10-18-24)25-19-11-4-12-20-25;2*1-2-10-7-8-14-12(9-10)11-5-3-4-6-13(11)15-14;;/h1-20H,21H2;2*3-9H;;/q;2*-1;2*+1/p+2. The van der Waals surface area contributed by atoms with Gasteiger partial charge in [-0.15, -0.1) is 58.1 Å². The Labute approximate surface area is 389 Å². The molecule has 292 valence electrons. The van der Waals surface area contributed by atoms with Gasteiger partial charge in [0.1, 0.15) is 37.1 Å². The van der Waals surface area contributed by atoms with Gasteiger partial charge in [-0.25, -0.2) is 0 Å². The summed E-state index contributed by atoms with van der Waals surface area (Å²) in [5, 5.41) is 11.0. The van der Waals surface area contributed by atoms with E-state index in [0.29, 0.717) is 0 Å². The fraction of sp³-hybridized carbons (Fsp3) is 0.0189. The van der Waals surface area contributed by atoms with Gasteiger partial charge in [0.2, 0.25) is 0 Å². The first-order valence-corrected chi connectivity index (χ1v) is 23.8. The van der Waals surface area contributed by atoms with E-state index in [1.165, 1.54) is 67.5 Å². The van der Waals surface area contributed by atoms with E-state index in [1.807, 2.05) is 24.3 Å². The Morgan fingerprint density at radius 2 is 0.627 bits per heavy atom. The van der Waals surface area contributed by atoms with E-state index in [2.05, 4.69) is 194 Å². The minimum Gasteiger partial charge on any atom is -0.366 e. The van der Waals surface area contributed by atoms with Crippen LogP contribution in [0.3, 0.4) is 0 Å². The van der Waals surface area contributed by atoms with Crippen LogP contribution in [-0.4, -0.2) is 5.90 Å². The monoisotopic (exact) mass is 1190 g/mol. The Morgan fingerprint density at radius 1 is 0.339 bits per heavy atom. The maximum absolute atomic E-state index is 7.13. The quantitative estimate of drug-likeness (QED) is 0.0674. The van der Waals surface area contributed by atoms with Crippen LogP contribution in [0.5, 0.6) is 0 Å².